The minimum Gasteiger partial charge on any atom is -0.395 e. The first-order valence-corrected chi connectivity index (χ1v) is 8.06. The molecule has 0 spiro atoms. The second kappa shape index (κ2) is 10.4. The van der Waals surface area contributed by atoms with Crippen molar-refractivity contribution in [2.75, 3.05) is 26.4 Å². The van der Waals surface area contributed by atoms with E-state index in [1.807, 2.05) is 11.4 Å². The van der Waals surface area contributed by atoms with Gasteiger partial charge in [0, 0.05) is 25.1 Å². The number of aliphatic hydroxyl groups excluding tert-OH is 1. The molecule has 0 saturated carbocycles. The summed E-state index contributed by atoms with van der Waals surface area (Å²) in [6.07, 6.45) is 1.45. The zero-order chi connectivity index (χ0) is 15.5. The number of rotatable bonds is 8. The van der Waals surface area contributed by atoms with Gasteiger partial charge in [-0.2, -0.15) is 0 Å². The van der Waals surface area contributed by atoms with Gasteiger partial charge in [-0.05, 0) is 23.8 Å². The number of thiophene rings is 1. The van der Waals surface area contributed by atoms with E-state index in [9.17, 15) is 4.79 Å². The molecule has 0 atom stereocenters. The lowest BCUT2D eigenvalue weighted by atomic mass is 10.1. The molecule has 2 N–H and O–H groups in total. The highest BCUT2D eigenvalue weighted by atomic mass is 32.1. The number of hydrogen-bond donors (Lipinski definition) is 2. The molecule has 0 aliphatic heterocycles. The second-order valence-corrected chi connectivity index (χ2v) is 5.91. The van der Waals surface area contributed by atoms with Crippen molar-refractivity contribution < 1.29 is 14.6 Å². The first-order valence-electron chi connectivity index (χ1n) is 7.18. The van der Waals surface area contributed by atoms with Gasteiger partial charge in [0.15, 0.2) is 0 Å². The minimum atomic E-state index is -0.120. The van der Waals surface area contributed by atoms with Crippen LogP contribution in [0.3, 0.4) is 0 Å². The van der Waals surface area contributed by atoms with Gasteiger partial charge in [-0.3, -0.25) is 4.79 Å². The van der Waals surface area contributed by atoms with Crippen molar-refractivity contribution in [3.63, 3.8) is 0 Å². The fraction of sp³-hybridized carbons (Fsp3) is 0.562. The third-order valence-electron chi connectivity index (χ3n) is 2.70. The molecular formula is C16H23NO3S. The van der Waals surface area contributed by atoms with Gasteiger partial charge in [0.25, 0.3) is 5.91 Å². The summed E-state index contributed by atoms with van der Waals surface area (Å²) < 4.78 is 5.45. The van der Waals surface area contributed by atoms with Gasteiger partial charge in [0.05, 0.1) is 13.2 Å². The molecule has 0 radical (unpaired) electrons. The zero-order valence-electron chi connectivity index (χ0n) is 12.6. The molecule has 1 amide bonds. The topological polar surface area (TPSA) is 58.6 Å². The molecule has 1 aromatic heterocycles. The first kappa shape index (κ1) is 17.7. The van der Waals surface area contributed by atoms with Crippen LogP contribution in [0.5, 0.6) is 0 Å². The molecule has 116 valence electrons. The van der Waals surface area contributed by atoms with Crippen molar-refractivity contribution in [2.24, 2.45) is 5.92 Å². The van der Waals surface area contributed by atoms with E-state index in [0.29, 0.717) is 35.9 Å². The monoisotopic (exact) mass is 309 g/mol. The van der Waals surface area contributed by atoms with Crippen molar-refractivity contribution in [3.05, 3.63) is 21.9 Å². The van der Waals surface area contributed by atoms with Crippen molar-refractivity contribution in [2.45, 2.75) is 26.7 Å². The molecule has 1 heterocycles. The maximum atomic E-state index is 12.0. The van der Waals surface area contributed by atoms with Crippen LogP contribution in [0.1, 0.15) is 41.9 Å². The summed E-state index contributed by atoms with van der Waals surface area (Å²) in [5, 5.41) is 13.4. The Labute approximate surface area is 130 Å². The molecule has 1 aromatic rings. The highest BCUT2D eigenvalue weighted by Gasteiger charge is 2.11. The quantitative estimate of drug-likeness (QED) is 0.572. The summed E-state index contributed by atoms with van der Waals surface area (Å²) in [4.78, 5) is 12.6. The average molecular weight is 309 g/mol. The van der Waals surface area contributed by atoms with Crippen molar-refractivity contribution in [1.82, 2.24) is 5.32 Å². The van der Waals surface area contributed by atoms with Gasteiger partial charge in [-0.15, -0.1) is 11.3 Å². The van der Waals surface area contributed by atoms with E-state index in [-0.39, 0.29) is 12.5 Å². The third-order valence-corrected chi connectivity index (χ3v) is 3.62. The van der Waals surface area contributed by atoms with Gasteiger partial charge in [-0.1, -0.05) is 25.7 Å². The molecule has 0 fully saturated rings. The second-order valence-electron chi connectivity index (χ2n) is 4.99. The Balaban J connectivity index is 2.33. The molecule has 4 nitrogen and oxygen atoms in total. The average Bonchev–Trinajstić information content (AvgIpc) is 2.91. The van der Waals surface area contributed by atoms with Crippen molar-refractivity contribution in [1.29, 1.82) is 0 Å². The fourth-order valence-electron chi connectivity index (χ4n) is 1.54. The smallest absolute Gasteiger partial charge is 0.262 e. The Bertz CT molecular complexity index is 485. The summed E-state index contributed by atoms with van der Waals surface area (Å²) in [5.41, 5.74) is 0.715. The number of aliphatic hydroxyl groups is 1. The Morgan fingerprint density at radius 2 is 2.29 bits per heavy atom. The fourth-order valence-corrected chi connectivity index (χ4v) is 2.30. The predicted molar refractivity (Wildman–Crippen MR) is 85.5 cm³/mol. The molecule has 1 rings (SSSR count). The molecule has 0 aliphatic rings. The highest BCUT2D eigenvalue weighted by Crippen LogP contribution is 2.15. The lowest BCUT2D eigenvalue weighted by Crippen LogP contribution is -2.27. The summed E-state index contributed by atoms with van der Waals surface area (Å²) in [5.74, 6) is 6.25. The van der Waals surface area contributed by atoms with E-state index in [1.165, 1.54) is 11.3 Å². The van der Waals surface area contributed by atoms with E-state index in [4.69, 9.17) is 9.84 Å². The molecular weight excluding hydrogens is 286 g/mol. The lowest BCUT2D eigenvalue weighted by Gasteiger charge is -2.07. The lowest BCUT2D eigenvalue weighted by molar-refractivity contribution is 0.0909. The maximum absolute atomic E-state index is 12.0. The first-order chi connectivity index (χ1) is 10.1. The van der Waals surface area contributed by atoms with E-state index in [1.54, 1.807) is 0 Å². The van der Waals surface area contributed by atoms with E-state index >= 15 is 0 Å². The van der Waals surface area contributed by atoms with Crippen molar-refractivity contribution in [3.8, 4) is 11.8 Å². The van der Waals surface area contributed by atoms with Crippen LogP contribution in [0.25, 0.3) is 0 Å². The number of ether oxygens (including phenoxy) is 1. The molecule has 0 aromatic carbocycles. The molecule has 0 aliphatic carbocycles. The molecule has 5 heteroatoms. The molecule has 21 heavy (non-hydrogen) atoms. The third kappa shape index (κ3) is 7.28. The molecule has 0 bridgehead atoms. The minimum absolute atomic E-state index is 0.0341. The number of hydrogen-bond acceptors (Lipinski definition) is 4. The Morgan fingerprint density at radius 1 is 1.48 bits per heavy atom. The van der Waals surface area contributed by atoms with E-state index in [2.05, 4.69) is 31.0 Å². The molecule has 0 saturated heterocycles. The highest BCUT2D eigenvalue weighted by molar-refractivity contribution is 7.12. The van der Waals surface area contributed by atoms with Crippen LogP contribution in [0.4, 0.5) is 0 Å². The van der Waals surface area contributed by atoms with Gasteiger partial charge in [-0.25, -0.2) is 0 Å². The van der Waals surface area contributed by atoms with Crippen LogP contribution in [0.2, 0.25) is 0 Å². The van der Waals surface area contributed by atoms with Crippen molar-refractivity contribution >= 4 is 17.2 Å². The summed E-state index contributed by atoms with van der Waals surface area (Å²) >= 11 is 1.37. The SMILES string of the molecule is CC(C)CCOCCNC(=O)c1sccc1C#CCCO. The summed E-state index contributed by atoms with van der Waals surface area (Å²) in [6.45, 7) is 6.09. The van der Waals surface area contributed by atoms with Gasteiger partial charge >= 0.3 is 0 Å². The predicted octanol–water partition coefficient (Wildman–Crippen LogP) is 2.27. The van der Waals surface area contributed by atoms with Gasteiger partial charge in [0.2, 0.25) is 0 Å². The number of carbonyl (C=O) groups excluding carboxylic acids is 1. The van der Waals surface area contributed by atoms with Crippen LogP contribution in [0, 0.1) is 17.8 Å². The number of amides is 1. The van der Waals surface area contributed by atoms with Crippen LogP contribution >= 0.6 is 11.3 Å². The van der Waals surface area contributed by atoms with Crippen LogP contribution < -0.4 is 5.32 Å². The van der Waals surface area contributed by atoms with E-state index < -0.39 is 0 Å². The molecule has 0 unspecified atom stereocenters. The van der Waals surface area contributed by atoms with Crippen LogP contribution in [0.15, 0.2) is 11.4 Å². The number of carbonyl (C=O) groups is 1. The maximum Gasteiger partial charge on any atom is 0.262 e. The Hall–Kier alpha value is -1.35. The van der Waals surface area contributed by atoms with Crippen LogP contribution in [-0.4, -0.2) is 37.4 Å². The standard InChI is InChI=1S/C16H23NO3S/c1-13(2)6-10-20-11-8-17-16(19)15-14(7-12-21-15)5-3-4-9-18/h7,12-13,18H,4,6,8-11H2,1-2H3,(H,17,19). The summed E-state index contributed by atoms with van der Waals surface area (Å²) in [7, 11) is 0. The zero-order valence-corrected chi connectivity index (χ0v) is 13.5. The Kier molecular flexibility index (Phi) is 8.76. The largest absolute Gasteiger partial charge is 0.395 e. The normalized spacial score (nSPS) is 10.3. The van der Waals surface area contributed by atoms with Gasteiger partial charge in [0.1, 0.15) is 4.88 Å². The van der Waals surface area contributed by atoms with E-state index in [0.717, 1.165) is 13.0 Å². The summed E-state index contributed by atoms with van der Waals surface area (Å²) in [6, 6.07) is 1.82. The van der Waals surface area contributed by atoms with Crippen LogP contribution in [-0.2, 0) is 4.74 Å². The van der Waals surface area contributed by atoms with Gasteiger partial charge < -0.3 is 15.2 Å². The number of nitrogens with one attached hydrogen (secondary N) is 1. The Morgan fingerprint density at radius 3 is 3.00 bits per heavy atom.